The van der Waals surface area contributed by atoms with Gasteiger partial charge in [0.1, 0.15) is 0 Å². The van der Waals surface area contributed by atoms with E-state index in [9.17, 15) is 10.2 Å². The molecule has 0 aromatic heterocycles. The van der Waals surface area contributed by atoms with Gasteiger partial charge in [-0.1, -0.05) is 38.5 Å². The van der Waals surface area contributed by atoms with Crippen LogP contribution in [-0.4, -0.2) is 22.4 Å². The van der Waals surface area contributed by atoms with E-state index in [2.05, 4.69) is 0 Å². The van der Waals surface area contributed by atoms with Gasteiger partial charge >= 0.3 is 0 Å². The van der Waals surface area contributed by atoms with Crippen molar-refractivity contribution in [2.24, 2.45) is 11.8 Å². The molecule has 2 fully saturated rings. The number of hydrogen-bond acceptors (Lipinski definition) is 2. The van der Waals surface area contributed by atoms with Gasteiger partial charge in [0.05, 0.1) is 12.2 Å². The second-order valence-electron chi connectivity index (χ2n) is 5.74. The highest BCUT2D eigenvalue weighted by atomic mass is 16.3. The molecule has 4 unspecified atom stereocenters. The third-order valence-corrected chi connectivity index (χ3v) is 4.61. The first-order valence-electron chi connectivity index (χ1n) is 7.15. The minimum absolute atomic E-state index is 0.153. The van der Waals surface area contributed by atoms with Crippen molar-refractivity contribution in [3.05, 3.63) is 0 Å². The standard InChI is InChI=1S/C14H26O2/c15-13-9-5-1-3-7-11(13)12-8-4-2-6-10-14(12)16/h11-16H,1-10H2. The van der Waals surface area contributed by atoms with Crippen LogP contribution in [0.25, 0.3) is 0 Å². The lowest BCUT2D eigenvalue weighted by Crippen LogP contribution is -2.34. The summed E-state index contributed by atoms with van der Waals surface area (Å²) in [5.41, 5.74) is 0. The summed E-state index contributed by atoms with van der Waals surface area (Å²) in [6, 6.07) is 0. The van der Waals surface area contributed by atoms with Crippen LogP contribution in [0.4, 0.5) is 0 Å². The maximum atomic E-state index is 10.2. The molecule has 0 aliphatic heterocycles. The second kappa shape index (κ2) is 6.02. The fourth-order valence-corrected chi connectivity index (χ4v) is 3.63. The SMILES string of the molecule is OC1CCCCCC1C1CCCCCC1O. The van der Waals surface area contributed by atoms with Crippen LogP contribution in [0.3, 0.4) is 0 Å². The van der Waals surface area contributed by atoms with Crippen molar-refractivity contribution in [3.63, 3.8) is 0 Å². The lowest BCUT2D eigenvalue weighted by Gasteiger charge is -2.32. The zero-order chi connectivity index (χ0) is 11.4. The van der Waals surface area contributed by atoms with Crippen molar-refractivity contribution < 1.29 is 10.2 Å². The summed E-state index contributed by atoms with van der Waals surface area (Å²) in [7, 11) is 0. The molecule has 2 aliphatic carbocycles. The monoisotopic (exact) mass is 226 g/mol. The Morgan fingerprint density at radius 2 is 0.875 bits per heavy atom. The first-order valence-corrected chi connectivity index (χ1v) is 7.15. The molecule has 2 heteroatoms. The smallest absolute Gasteiger partial charge is 0.0572 e. The molecule has 16 heavy (non-hydrogen) atoms. The van der Waals surface area contributed by atoms with E-state index >= 15 is 0 Å². The molecular weight excluding hydrogens is 200 g/mol. The summed E-state index contributed by atoms with van der Waals surface area (Å²) < 4.78 is 0. The third-order valence-electron chi connectivity index (χ3n) is 4.61. The highest BCUT2D eigenvalue weighted by Crippen LogP contribution is 2.37. The molecule has 2 nitrogen and oxygen atoms in total. The van der Waals surface area contributed by atoms with Crippen molar-refractivity contribution in [3.8, 4) is 0 Å². The molecule has 0 heterocycles. The fourth-order valence-electron chi connectivity index (χ4n) is 3.63. The van der Waals surface area contributed by atoms with Gasteiger partial charge in [0, 0.05) is 0 Å². The van der Waals surface area contributed by atoms with E-state index in [4.69, 9.17) is 0 Å². The van der Waals surface area contributed by atoms with Crippen LogP contribution in [0.2, 0.25) is 0 Å². The second-order valence-corrected chi connectivity index (χ2v) is 5.74. The molecule has 2 rings (SSSR count). The predicted molar refractivity (Wildman–Crippen MR) is 65.2 cm³/mol. The molecule has 0 aromatic rings. The van der Waals surface area contributed by atoms with E-state index in [1.54, 1.807) is 0 Å². The van der Waals surface area contributed by atoms with Gasteiger partial charge in [-0.15, -0.1) is 0 Å². The Kier molecular flexibility index (Phi) is 4.66. The Labute approximate surface area is 99.1 Å². The van der Waals surface area contributed by atoms with Gasteiger partial charge < -0.3 is 10.2 Å². The van der Waals surface area contributed by atoms with E-state index in [0.29, 0.717) is 11.8 Å². The van der Waals surface area contributed by atoms with Crippen LogP contribution < -0.4 is 0 Å². The number of aliphatic hydroxyl groups excluding tert-OH is 2. The summed E-state index contributed by atoms with van der Waals surface area (Å²) in [4.78, 5) is 0. The first-order chi connectivity index (χ1) is 7.79. The van der Waals surface area contributed by atoms with Crippen molar-refractivity contribution >= 4 is 0 Å². The van der Waals surface area contributed by atoms with E-state index in [-0.39, 0.29) is 12.2 Å². The average Bonchev–Trinajstić information content (AvgIpc) is 2.59. The molecule has 0 amide bonds. The van der Waals surface area contributed by atoms with Gasteiger partial charge in [-0.2, -0.15) is 0 Å². The molecule has 2 aliphatic rings. The maximum absolute atomic E-state index is 10.2. The lowest BCUT2D eigenvalue weighted by molar-refractivity contribution is 0.000302. The first kappa shape index (κ1) is 12.4. The van der Waals surface area contributed by atoms with Crippen molar-refractivity contribution in [1.82, 2.24) is 0 Å². The van der Waals surface area contributed by atoms with E-state index in [1.165, 1.54) is 38.5 Å². The summed E-state index contributed by atoms with van der Waals surface area (Å²) >= 11 is 0. The molecule has 0 saturated heterocycles. The largest absolute Gasteiger partial charge is 0.393 e. The lowest BCUT2D eigenvalue weighted by atomic mass is 9.78. The summed E-state index contributed by atoms with van der Waals surface area (Å²) in [5.74, 6) is 0.742. The van der Waals surface area contributed by atoms with Crippen molar-refractivity contribution in [2.75, 3.05) is 0 Å². The topological polar surface area (TPSA) is 40.5 Å². The predicted octanol–water partition coefficient (Wildman–Crippen LogP) is 2.87. The molecule has 2 N–H and O–H groups in total. The summed E-state index contributed by atoms with van der Waals surface area (Å²) in [6.45, 7) is 0. The van der Waals surface area contributed by atoms with Gasteiger partial charge in [0.15, 0.2) is 0 Å². The van der Waals surface area contributed by atoms with Crippen LogP contribution >= 0.6 is 0 Å². The van der Waals surface area contributed by atoms with E-state index in [0.717, 1.165) is 25.7 Å². The zero-order valence-electron chi connectivity index (χ0n) is 10.3. The van der Waals surface area contributed by atoms with Gasteiger partial charge in [-0.05, 0) is 37.5 Å². The molecule has 0 aromatic carbocycles. The normalized spacial score (nSPS) is 42.4. The Morgan fingerprint density at radius 1 is 0.500 bits per heavy atom. The van der Waals surface area contributed by atoms with Crippen LogP contribution in [0.5, 0.6) is 0 Å². The van der Waals surface area contributed by atoms with Gasteiger partial charge in [0.2, 0.25) is 0 Å². The molecule has 4 atom stereocenters. The van der Waals surface area contributed by atoms with Crippen molar-refractivity contribution in [2.45, 2.75) is 76.4 Å². The van der Waals surface area contributed by atoms with Crippen LogP contribution in [0.1, 0.15) is 64.2 Å². The van der Waals surface area contributed by atoms with Crippen LogP contribution in [0, 0.1) is 11.8 Å². The molecule has 0 spiro atoms. The van der Waals surface area contributed by atoms with Gasteiger partial charge in [-0.25, -0.2) is 0 Å². The third kappa shape index (κ3) is 2.98. The van der Waals surface area contributed by atoms with Gasteiger partial charge in [-0.3, -0.25) is 0 Å². The van der Waals surface area contributed by atoms with Crippen LogP contribution in [0.15, 0.2) is 0 Å². The van der Waals surface area contributed by atoms with Crippen molar-refractivity contribution in [1.29, 1.82) is 0 Å². The van der Waals surface area contributed by atoms with Gasteiger partial charge in [0.25, 0.3) is 0 Å². The maximum Gasteiger partial charge on any atom is 0.0572 e. The molecular formula is C14H26O2. The van der Waals surface area contributed by atoms with E-state index < -0.39 is 0 Å². The quantitative estimate of drug-likeness (QED) is 0.675. The average molecular weight is 226 g/mol. The Morgan fingerprint density at radius 3 is 1.31 bits per heavy atom. The molecule has 0 radical (unpaired) electrons. The number of hydrogen-bond donors (Lipinski definition) is 2. The Balaban J connectivity index is 2.01. The molecule has 94 valence electrons. The molecule has 0 bridgehead atoms. The highest BCUT2D eigenvalue weighted by molar-refractivity contribution is 4.85. The minimum Gasteiger partial charge on any atom is -0.393 e. The molecule has 2 saturated carbocycles. The number of aliphatic hydroxyl groups is 2. The highest BCUT2D eigenvalue weighted by Gasteiger charge is 2.34. The number of rotatable bonds is 1. The minimum atomic E-state index is -0.153. The Bertz CT molecular complexity index is 183. The van der Waals surface area contributed by atoms with Crippen LogP contribution in [-0.2, 0) is 0 Å². The summed E-state index contributed by atoms with van der Waals surface area (Å²) in [6.07, 6.45) is 11.2. The van der Waals surface area contributed by atoms with E-state index in [1.807, 2.05) is 0 Å². The Hall–Kier alpha value is -0.0800. The zero-order valence-corrected chi connectivity index (χ0v) is 10.3. The summed E-state index contributed by atoms with van der Waals surface area (Å²) in [5, 5.41) is 20.4. The fraction of sp³-hybridized carbons (Fsp3) is 1.00.